The van der Waals surface area contributed by atoms with Crippen molar-refractivity contribution in [2.75, 3.05) is 19.5 Å². The molecule has 1 N–H and O–H groups in total. The lowest BCUT2D eigenvalue weighted by Crippen LogP contribution is -2.14. The molecule has 2 aromatic rings. The smallest absolute Gasteiger partial charge is 0.261 e. The molecule has 0 bridgehead atoms. The zero-order valence-corrected chi connectivity index (χ0v) is 12.7. The molecule has 1 heterocycles. The Bertz CT molecular complexity index is 674. The molecule has 0 aliphatic heterocycles. The average Bonchev–Trinajstić information content (AvgIpc) is 2.51. The maximum Gasteiger partial charge on any atom is 0.261 e. The highest BCUT2D eigenvalue weighted by Gasteiger charge is 2.16. The van der Waals surface area contributed by atoms with E-state index >= 15 is 0 Å². The van der Waals surface area contributed by atoms with Crippen LogP contribution in [0.25, 0.3) is 0 Å². The van der Waals surface area contributed by atoms with Gasteiger partial charge >= 0.3 is 0 Å². The van der Waals surface area contributed by atoms with E-state index in [4.69, 9.17) is 21.1 Å². The van der Waals surface area contributed by atoms with Gasteiger partial charge in [0.15, 0.2) is 0 Å². The minimum Gasteiger partial charge on any atom is -0.481 e. The van der Waals surface area contributed by atoms with Crippen molar-refractivity contribution in [3.05, 3.63) is 46.5 Å². The van der Waals surface area contributed by atoms with E-state index in [2.05, 4.69) is 10.3 Å². The first kappa shape index (κ1) is 15.1. The first-order valence-corrected chi connectivity index (χ1v) is 6.60. The number of methoxy groups -OCH3 is 2. The Labute approximate surface area is 127 Å². The van der Waals surface area contributed by atoms with Crippen LogP contribution in [-0.4, -0.2) is 25.1 Å². The van der Waals surface area contributed by atoms with Crippen LogP contribution in [0.1, 0.15) is 15.9 Å². The largest absolute Gasteiger partial charge is 0.481 e. The van der Waals surface area contributed by atoms with Gasteiger partial charge in [-0.3, -0.25) is 4.79 Å². The Morgan fingerprint density at radius 1 is 1.19 bits per heavy atom. The van der Waals surface area contributed by atoms with Gasteiger partial charge in [-0.15, -0.1) is 0 Å². The summed E-state index contributed by atoms with van der Waals surface area (Å²) in [4.78, 5) is 16.4. The molecular formula is C15H15ClN2O3. The fourth-order valence-corrected chi connectivity index (χ4v) is 1.97. The van der Waals surface area contributed by atoms with Crippen molar-refractivity contribution in [2.45, 2.75) is 6.92 Å². The van der Waals surface area contributed by atoms with E-state index in [1.54, 1.807) is 30.3 Å². The highest BCUT2D eigenvalue weighted by molar-refractivity contribution is 6.31. The fraction of sp³-hybridized carbons (Fsp3) is 0.200. The lowest BCUT2D eigenvalue weighted by molar-refractivity contribution is 0.102. The zero-order chi connectivity index (χ0) is 15.4. The second-order valence-electron chi connectivity index (χ2n) is 4.28. The van der Waals surface area contributed by atoms with Gasteiger partial charge in [0.05, 0.1) is 14.2 Å². The van der Waals surface area contributed by atoms with Crippen molar-refractivity contribution in [3.63, 3.8) is 0 Å². The van der Waals surface area contributed by atoms with Gasteiger partial charge in [-0.05, 0) is 30.7 Å². The lowest BCUT2D eigenvalue weighted by atomic mass is 10.2. The number of benzene rings is 1. The van der Waals surface area contributed by atoms with Crippen molar-refractivity contribution in [1.82, 2.24) is 4.98 Å². The molecule has 0 fully saturated rings. The van der Waals surface area contributed by atoms with Crippen LogP contribution in [0.3, 0.4) is 0 Å². The van der Waals surface area contributed by atoms with Crippen molar-refractivity contribution >= 4 is 23.2 Å². The number of ether oxygens (including phenoxy) is 2. The van der Waals surface area contributed by atoms with Crippen LogP contribution in [0.4, 0.5) is 5.69 Å². The molecule has 0 aliphatic carbocycles. The number of halogens is 1. The molecule has 2 rings (SSSR count). The van der Waals surface area contributed by atoms with Crippen LogP contribution >= 0.6 is 11.6 Å². The van der Waals surface area contributed by atoms with Crippen LogP contribution in [0.2, 0.25) is 5.02 Å². The summed E-state index contributed by atoms with van der Waals surface area (Å²) in [6, 6.07) is 8.52. The minimum absolute atomic E-state index is 0.200. The molecule has 21 heavy (non-hydrogen) atoms. The minimum atomic E-state index is -0.327. The molecule has 0 aliphatic rings. The quantitative estimate of drug-likeness (QED) is 0.941. The van der Waals surface area contributed by atoms with E-state index in [1.165, 1.54) is 14.2 Å². The molecule has 1 aromatic heterocycles. The van der Waals surface area contributed by atoms with Gasteiger partial charge in [-0.2, -0.15) is 4.98 Å². The maximum atomic E-state index is 12.3. The molecule has 0 saturated carbocycles. The van der Waals surface area contributed by atoms with Crippen molar-refractivity contribution in [2.24, 2.45) is 0 Å². The first-order chi connectivity index (χ1) is 10.1. The van der Waals surface area contributed by atoms with E-state index in [0.717, 1.165) is 5.56 Å². The third-order valence-corrected chi connectivity index (χ3v) is 3.41. The molecule has 110 valence electrons. The Morgan fingerprint density at radius 2 is 1.95 bits per heavy atom. The monoisotopic (exact) mass is 306 g/mol. The van der Waals surface area contributed by atoms with Gasteiger partial charge in [0.2, 0.25) is 11.8 Å². The Morgan fingerprint density at radius 3 is 2.62 bits per heavy atom. The average molecular weight is 307 g/mol. The molecule has 0 radical (unpaired) electrons. The van der Waals surface area contributed by atoms with Gasteiger partial charge in [-0.25, -0.2) is 0 Å². The first-order valence-electron chi connectivity index (χ1n) is 6.22. The van der Waals surface area contributed by atoms with E-state index in [-0.39, 0.29) is 11.8 Å². The number of hydrogen-bond donors (Lipinski definition) is 1. The van der Waals surface area contributed by atoms with Gasteiger partial charge < -0.3 is 14.8 Å². The predicted molar refractivity (Wildman–Crippen MR) is 81.5 cm³/mol. The molecule has 0 saturated heterocycles. The summed E-state index contributed by atoms with van der Waals surface area (Å²) in [5.74, 6) is 0.251. The van der Waals surface area contributed by atoms with E-state index < -0.39 is 0 Å². The number of amides is 1. The number of hydrogen-bond acceptors (Lipinski definition) is 4. The third-order valence-electron chi connectivity index (χ3n) is 3.00. The summed E-state index contributed by atoms with van der Waals surface area (Å²) in [6.07, 6.45) is 0. The summed E-state index contributed by atoms with van der Waals surface area (Å²) in [7, 11) is 2.94. The number of nitrogens with one attached hydrogen (secondary N) is 1. The number of nitrogens with zero attached hydrogens (tertiary/aromatic N) is 1. The second kappa shape index (κ2) is 6.45. The van der Waals surface area contributed by atoms with Crippen LogP contribution in [0.15, 0.2) is 30.3 Å². The molecule has 0 unspecified atom stereocenters. The summed E-state index contributed by atoms with van der Waals surface area (Å²) in [5.41, 5.74) is 1.76. The molecule has 1 aromatic carbocycles. The highest BCUT2D eigenvalue weighted by Crippen LogP contribution is 2.25. The summed E-state index contributed by atoms with van der Waals surface area (Å²) < 4.78 is 10.1. The Kier molecular flexibility index (Phi) is 4.65. The van der Waals surface area contributed by atoms with Crippen molar-refractivity contribution < 1.29 is 14.3 Å². The third kappa shape index (κ3) is 3.25. The van der Waals surface area contributed by atoms with Crippen molar-refractivity contribution in [1.29, 1.82) is 0 Å². The number of aromatic nitrogens is 1. The standard InChI is InChI=1S/C15H15ClN2O3/c1-9-11(16)5-4-6-12(9)17-14(19)10-7-8-13(20-2)18-15(10)21-3/h4-8H,1-3H3,(H,17,19). The van der Waals surface area contributed by atoms with Crippen LogP contribution in [0.5, 0.6) is 11.8 Å². The maximum absolute atomic E-state index is 12.3. The number of rotatable bonds is 4. The van der Waals surface area contributed by atoms with Gasteiger partial charge in [0.25, 0.3) is 5.91 Å². The number of anilines is 1. The fourth-order valence-electron chi connectivity index (χ4n) is 1.80. The number of carbonyl (C=O) groups excluding carboxylic acids is 1. The molecular weight excluding hydrogens is 292 g/mol. The predicted octanol–water partition coefficient (Wildman–Crippen LogP) is 3.31. The van der Waals surface area contributed by atoms with E-state index in [9.17, 15) is 4.79 Å². The molecule has 5 nitrogen and oxygen atoms in total. The molecule has 0 atom stereocenters. The molecule has 6 heteroatoms. The number of carbonyl (C=O) groups is 1. The molecule has 0 spiro atoms. The van der Waals surface area contributed by atoms with Crippen LogP contribution in [0, 0.1) is 6.92 Å². The van der Waals surface area contributed by atoms with E-state index in [0.29, 0.717) is 22.2 Å². The van der Waals surface area contributed by atoms with Gasteiger partial charge in [-0.1, -0.05) is 17.7 Å². The lowest BCUT2D eigenvalue weighted by Gasteiger charge is -2.11. The second-order valence-corrected chi connectivity index (χ2v) is 4.68. The highest BCUT2D eigenvalue weighted by atomic mass is 35.5. The zero-order valence-electron chi connectivity index (χ0n) is 11.9. The Hall–Kier alpha value is -2.27. The van der Waals surface area contributed by atoms with E-state index in [1.807, 2.05) is 6.92 Å². The molecule has 1 amide bonds. The van der Waals surface area contributed by atoms with Crippen LogP contribution < -0.4 is 14.8 Å². The SMILES string of the molecule is COc1ccc(C(=O)Nc2cccc(Cl)c2C)c(OC)n1. The normalized spacial score (nSPS) is 10.1. The van der Waals surface area contributed by atoms with Gasteiger partial charge in [0.1, 0.15) is 5.56 Å². The summed E-state index contributed by atoms with van der Waals surface area (Å²) >= 11 is 6.04. The van der Waals surface area contributed by atoms with Gasteiger partial charge in [0, 0.05) is 16.8 Å². The summed E-state index contributed by atoms with van der Waals surface area (Å²) in [6.45, 7) is 1.83. The number of pyridine rings is 1. The van der Waals surface area contributed by atoms with Crippen LogP contribution in [-0.2, 0) is 0 Å². The van der Waals surface area contributed by atoms with Crippen molar-refractivity contribution in [3.8, 4) is 11.8 Å². The topological polar surface area (TPSA) is 60.5 Å². The Balaban J connectivity index is 2.30. The summed E-state index contributed by atoms with van der Waals surface area (Å²) in [5, 5.41) is 3.39.